The summed E-state index contributed by atoms with van der Waals surface area (Å²) in [5, 5.41) is 6.94. The normalized spacial score (nSPS) is 26.0. The molecule has 3 unspecified atom stereocenters. The van der Waals surface area contributed by atoms with Crippen LogP contribution in [0.15, 0.2) is 18.2 Å². The molecule has 3 rings (SSSR count). The van der Waals surface area contributed by atoms with E-state index in [1.165, 1.54) is 25.7 Å². The Morgan fingerprint density at radius 2 is 2.17 bits per heavy atom. The second-order valence-corrected chi connectivity index (χ2v) is 6.99. The second kappa shape index (κ2) is 8.19. The summed E-state index contributed by atoms with van der Waals surface area (Å²) < 4.78 is 10.5. The number of rotatable bonds is 6. The fourth-order valence-corrected chi connectivity index (χ4v) is 3.92. The van der Waals surface area contributed by atoms with Crippen molar-refractivity contribution in [3.63, 3.8) is 0 Å². The number of anilines is 1. The third-order valence-electron chi connectivity index (χ3n) is 4.92. The van der Waals surface area contributed by atoms with Gasteiger partial charge in [-0.15, -0.1) is 0 Å². The summed E-state index contributed by atoms with van der Waals surface area (Å²) in [6.07, 6.45) is 5.91. The lowest BCUT2D eigenvalue weighted by Crippen LogP contribution is -2.39. The molecule has 1 heterocycles. The molecule has 1 aliphatic heterocycles. The first-order valence-electron chi connectivity index (χ1n) is 8.65. The predicted molar refractivity (Wildman–Crippen MR) is 94.7 cm³/mol. The third kappa shape index (κ3) is 4.21. The third-order valence-corrected chi connectivity index (χ3v) is 5.22. The number of ether oxygens (including phenoxy) is 2. The molecule has 3 atom stereocenters. The zero-order chi connectivity index (χ0) is 16.9. The fourth-order valence-electron chi connectivity index (χ4n) is 3.68. The Bertz CT molecular complexity index is 567. The monoisotopic (exact) mass is 352 g/mol. The number of carbonyl (C=O) groups is 1. The van der Waals surface area contributed by atoms with E-state index in [4.69, 9.17) is 21.1 Å². The van der Waals surface area contributed by atoms with Gasteiger partial charge in [-0.3, -0.25) is 4.79 Å². The molecule has 132 valence electrons. The number of benzene rings is 1. The summed E-state index contributed by atoms with van der Waals surface area (Å²) in [6.45, 7) is 0.946. The Labute approximate surface area is 148 Å². The van der Waals surface area contributed by atoms with Crippen molar-refractivity contribution in [3.05, 3.63) is 23.2 Å². The van der Waals surface area contributed by atoms with Crippen molar-refractivity contribution in [1.82, 2.24) is 5.32 Å². The van der Waals surface area contributed by atoms with Crippen LogP contribution in [0.1, 0.15) is 32.1 Å². The molecule has 1 saturated heterocycles. The average Bonchev–Trinajstić information content (AvgIpc) is 3.01. The molecule has 0 radical (unpaired) electrons. The van der Waals surface area contributed by atoms with Gasteiger partial charge in [-0.25, -0.2) is 0 Å². The fraction of sp³-hybridized carbons (Fsp3) is 0.611. The van der Waals surface area contributed by atoms with Gasteiger partial charge < -0.3 is 20.1 Å². The molecule has 2 aliphatic rings. The number of nitrogens with one attached hydrogen (secondary N) is 2. The highest BCUT2D eigenvalue weighted by Gasteiger charge is 2.38. The number of hydrogen-bond acceptors (Lipinski definition) is 4. The number of carbonyl (C=O) groups excluding carboxylic acids is 1. The molecule has 1 aliphatic carbocycles. The van der Waals surface area contributed by atoms with E-state index in [0.717, 1.165) is 6.42 Å². The summed E-state index contributed by atoms with van der Waals surface area (Å²) >= 11 is 6.22. The Balaban J connectivity index is 1.55. The first kappa shape index (κ1) is 17.5. The Morgan fingerprint density at radius 3 is 2.92 bits per heavy atom. The molecule has 2 fully saturated rings. The van der Waals surface area contributed by atoms with E-state index in [1.54, 1.807) is 19.2 Å². The summed E-state index contributed by atoms with van der Waals surface area (Å²) in [7, 11) is 1.62. The minimum absolute atomic E-state index is 0.0218. The first-order chi connectivity index (χ1) is 11.7. The maximum absolute atomic E-state index is 12.5. The molecule has 1 saturated carbocycles. The van der Waals surface area contributed by atoms with Crippen LogP contribution >= 0.6 is 11.6 Å². The van der Waals surface area contributed by atoms with Gasteiger partial charge in [0.05, 0.1) is 17.7 Å². The predicted octanol–water partition coefficient (Wildman–Crippen LogP) is 3.22. The highest BCUT2D eigenvalue weighted by Crippen LogP contribution is 2.34. The van der Waals surface area contributed by atoms with Gasteiger partial charge in [-0.1, -0.05) is 24.4 Å². The van der Waals surface area contributed by atoms with Crippen molar-refractivity contribution in [1.29, 1.82) is 0 Å². The molecule has 24 heavy (non-hydrogen) atoms. The van der Waals surface area contributed by atoms with E-state index in [-0.39, 0.29) is 11.9 Å². The first-order valence-corrected chi connectivity index (χ1v) is 9.03. The molecule has 1 aromatic carbocycles. The summed E-state index contributed by atoms with van der Waals surface area (Å²) in [5.74, 6) is 1.26. The maximum atomic E-state index is 12.5. The van der Waals surface area contributed by atoms with Gasteiger partial charge in [0.1, 0.15) is 12.4 Å². The quantitative estimate of drug-likeness (QED) is 0.772. The summed E-state index contributed by atoms with van der Waals surface area (Å²) in [5.41, 5.74) is 0.695. The lowest BCUT2D eigenvalue weighted by Gasteiger charge is -2.24. The van der Waals surface area contributed by atoms with Crippen molar-refractivity contribution in [2.45, 2.75) is 44.2 Å². The van der Waals surface area contributed by atoms with Crippen molar-refractivity contribution in [2.24, 2.45) is 5.92 Å². The van der Waals surface area contributed by atoms with E-state index < -0.39 is 0 Å². The van der Waals surface area contributed by atoms with Crippen molar-refractivity contribution in [2.75, 3.05) is 25.6 Å². The van der Waals surface area contributed by atoms with Crippen LogP contribution in [0.25, 0.3) is 0 Å². The van der Waals surface area contributed by atoms with Gasteiger partial charge in [0.2, 0.25) is 5.91 Å². The molecule has 0 bridgehead atoms. The standard InChI is InChI=1S/C18H25ClN2O3/c1-23-8-9-24-17-7-6-13(11-14(17)19)20-18(22)16-10-12-4-2-3-5-15(12)21-16/h6-7,11-12,15-16,21H,2-5,8-10H2,1H3,(H,20,22). The molecule has 0 aromatic heterocycles. The largest absolute Gasteiger partial charge is 0.490 e. The van der Waals surface area contributed by atoms with E-state index in [2.05, 4.69) is 10.6 Å². The number of halogens is 1. The van der Waals surface area contributed by atoms with E-state index in [9.17, 15) is 4.79 Å². The Kier molecular flexibility index (Phi) is 5.98. The van der Waals surface area contributed by atoms with Crippen molar-refractivity contribution in [3.8, 4) is 5.75 Å². The van der Waals surface area contributed by atoms with Gasteiger partial charge in [0.15, 0.2) is 0 Å². The summed E-state index contributed by atoms with van der Waals surface area (Å²) in [6, 6.07) is 5.72. The van der Waals surface area contributed by atoms with Gasteiger partial charge in [-0.05, 0) is 43.4 Å². The van der Waals surface area contributed by atoms with Crippen molar-refractivity contribution < 1.29 is 14.3 Å². The molecule has 1 amide bonds. The molecule has 5 nitrogen and oxygen atoms in total. The second-order valence-electron chi connectivity index (χ2n) is 6.58. The minimum Gasteiger partial charge on any atom is -0.490 e. The smallest absolute Gasteiger partial charge is 0.241 e. The molecule has 2 N–H and O–H groups in total. The van der Waals surface area contributed by atoms with Crippen LogP contribution in [0.2, 0.25) is 5.02 Å². The highest BCUT2D eigenvalue weighted by atomic mass is 35.5. The van der Waals surface area contributed by atoms with Gasteiger partial charge in [0.25, 0.3) is 0 Å². The minimum atomic E-state index is -0.102. The van der Waals surface area contributed by atoms with Crippen LogP contribution < -0.4 is 15.4 Å². The molecular weight excluding hydrogens is 328 g/mol. The van der Waals surface area contributed by atoms with E-state index in [0.29, 0.717) is 41.6 Å². The number of fused-ring (bicyclic) bond motifs is 1. The van der Waals surface area contributed by atoms with Crippen molar-refractivity contribution >= 4 is 23.2 Å². The molecular formula is C18H25ClN2O3. The summed E-state index contributed by atoms with van der Waals surface area (Å²) in [4.78, 5) is 12.5. The van der Waals surface area contributed by atoms with E-state index >= 15 is 0 Å². The number of methoxy groups -OCH3 is 1. The zero-order valence-electron chi connectivity index (χ0n) is 14.0. The average molecular weight is 353 g/mol. The van der Waals surface area contributed by atoms with Crippen LogP contribution in [0, 0.1) is 5.92 Å². The van der Waals surface area contributed by atoms with Crippen LogP contribution in [0.4, 0.5) is 5.69 Å². The lowest BCUT2D eigenvalue weighted by atomic mass is 9.85. The van der Waals surface area contributed by atoms with Crippen LogP contribution in [-0.4, -0.2) is 38.3 Å². The van der Waals surface area contributed by atoms with E-state index in [1.807, 2.05) is 6.07 Å². The van der Waals surface area contributed by atoms with Crippen LogP contribution in [-0.2, 0) is 9.53 Å². The molecule has 6 heteroatoms. The lowest BCUT2D eigenvalue weighted by molar-refractivity contribution is -0.117. The topological polar surface area (TPSA) is 59.6 Å². The van der Waals surface area contributed by atoms with Crippen LogP contribution in [0.5, 0.6) is 5.75 Å². The number of hydrogen-bond donors (Lipinski definition) is 2. The Hall–Kier alpha value is -1.30. The SMILES string of the molecule is COCCOc1ccc(NC(=O)C2CC3CCCCC3N2)cc1Cl. The Morgan fingerprint density at radius 1 is 1.33 bits per heavy atom. The van der Waals surface area contributed by atoms with Gasteiger partial charge >= 0.3 is 0 Å². The maximum Gasteiger partial charge on any atom is 0.241 e. The number of amides is 1. The van der Waals surface area contributed by atoms with Crippen LogP contribution in [0.3, 0.4) is 0 Å². The molecule has 0 spiro atoms. The van der Waals surface area contributed by atoms with Gasteiger partial charge in [-0.2, -0.15) is 0 Å². The highest BCUT2D eigenvalue weighted by molar-refractivity contribution is 6.32. The zero-order valence-corrected chi connectivity index (χ0v) is 14.8. The van der Waals surface area contributed by atoms with Gasteiger partial charge in [0, 0.05) is 18.8 Å². The molecule has 1 aromatic rings.